The van der Waals surface area contributed by atoms with Crippen molar-refractivity contribution in [1.82, 2.24) is 10.4 Å². The molecule has 0 spiro atoms. The molecule has 18 heavy (non-hydrogen) atoms. The molecule has 0 saturated carbocycles. The van der Waals surface area contributed by atoms with Crippen molar-refractivity contribution in [1.29, 1.82) is 0 Å². The van der Waals surface area contributed by atoms with E-state index in [2.05, 4.69) is 16.5 Å². The van der Waals surface area contributed by atoms with Crippen LogP contribution in [0.5, 0.6) is 0 Å². The van der Waals surface area contributed by atoms with Crippen molar-refractivity contribution in [2.75, 3.05) is 0 Å². The minimum atomic E-state index is -0.101. The van der Waals surface area contributed by atoms with Crippen molar-refractivity contribution in [3.05, 3.63) is 63.9 Å². The number of halogens is 1. The zero-order chi connectivity index (χ0) is 13.1. The number of hydrogen-bond acceptors (Lipinski definition) is 3. The Morgan fingerprint density at radius 3 is 2.67 bits per heavy atom. The maximum atomic E-state index is 6.09. The van der Waals surface area contributed by atoms with Crippen LogP contribution in [0.3, 0.4) is 0 Å². The zero-order valence-electron chi connectivity index (χ0n) is 10.4. The number of hydrazine groups is 1. The van der Waals surface area contributed by atoms with Gasteiger partial charge in [-0.15, -0.1) is 0 Å². The summed E-state index contributed by atoms with van der Waals surface area (Å²) in [4.78, 5) is 4.16. The molecule has 3 nitrogen and oxygen atoms in total. The minimum absolute atomic E-state index is 0.101. The molecular formula is C14H16ClN3. The van der Waals surface area contributed by atoms with E-state index in [1.54, 1.807) is 6.20 Å². The number of aromatic nitrogens is 1. The minimum Gasteiger partial charge on any atom is -0.271 e. The van der Waals surface area contributed by atoms with Crippen LogP contribution in [0, 0.1) is 13.8 Å². The molecule has 3 N–H and O–H groups in total. The highest BCUT2D eigenvalue weighted by Gasteiger charge is 2.15. The van der Waals surface area contributed by atoms with Gasteiger partial charge in [0.15, 0.2) is 0 Å². The topological polar surface area (TPSA) is 50.9 Å². The number of rotatable bonds is 3. The number of aryl methyl sites for hydroxylation is 2. The number of benzene rings is 1. The molecule has 2 rings (SSSR count). The molecule has 1 unspecified atom stereocenters. The summed E-state index contributed by atoms with van der Waals surface area (Å²) in [5, 5.41) is 0.715. The largest absolute Gasteiger partial charge is 0.271 e. The van der Waals surface area contributed by atoms with Gasteiger partial charge in [0, 0.05) is 17.4 Å². The zero-order valence-corrected chi connectivity index (χ0v) is 11.2. The maximum absolute atomic E-state index is 6.09. The molecule has 0 aliphatic carbocycles. The van der Waals surface area contributed by atoms with Crippen LogP contribution in [0.25, 0.3) is 0 Å². The lowest BCUT2D eigenvalue weighted by atomic mass is 9.96. The van der Waals surface area contributed by atoms with Gasteiger partial charge in [-0.3, -0.25) is 10.8 Å². The molecular weight excluding hydrogens is 246 g/mol. The van der Waals surface area contributed by atoms with Gasteiger partial charge < -0.3 is 0 Å². The molecule has 0 radical (unpaired) electrons. The smallest absolute Gasteiger partial charge is 0.0728 e. The molecule has 94 valence electrons. The number of nitrogens with one attached hydrogen (secondary N) is 1. The molecule has 0 saturated heterocycles. The highest BCUT2D eigenvalue weighted by Crippen LogP contribution is 2.26. The van der Waals surface area contributed by atoms with Gasteiger partial charge in [0.05, 0.1) is 6.04 Å². The lowest BCUT2D eigenvalue weighted by molar-refractivity contribution is 0.631. The summed E-state index contributed by atoms with van der Waals surface area (Å²) < 4.78 is 0. The molecule has 2 aromatic rings. The molecule has 0 amide bonds. The lowest BCUT2D eigenvalue weighted by Crippen LogP contribution is -2.29. The Morgan fingerprint density at radius 1 is 1.28 bits per heavy atom. The molecule has 1 heterocycles. The average Bonchev–Trinajstić information content (AvgIpc) is 2.31. The second-order valence-corrected chi connectivity index (χ2v) is 4.83. The number of nitrogens with zero attached hydrogens (tertiary/aromatic N) is 1. The fraction of sp³-hybridized carbons (Fsp3) is 0.214. The van der Waals surface area contributed by atoms with Crippen LogP contribution >= 0.6 is 11.6 Å². The van der Waals surface area contributed by atoms with Crippen LogP contribution in [0.4, 0.5) is 0 Å². The standard InChI is InChI=1S/C14H16ClN3/c1-9-5-11(7-12(15)6-9)14(18-16)13-8-17-4-3-10(13)2/h3-8,14,18H,16H2,1-2H3. The number of hydrogen-bond donors (Lipinski definition) is 2. The molecule has 0 aliphatic rings. The average molecular weight is 262 g/mol. The van der Waals surface area contributed by atoms with Gasteiger partial charge in [0.25, 0.3) is 0 Å². The van der Waals surface area contributed by atoms with Gasteiger partial charge >= 0.3 is 0 Å². The van der Waals surface area contributed by atoms with Gasteiger partial charge in [-0.25, -0.2) is 5.43 Å². The van der Waals surface area contributed by atoms with E-state index in [4.69, 9.17) is 17.4 Å². The first-order valence-corrected chi connectivity index (χ1v) is 6.13. The predicted molar refractivity (Wildman–Crippen MR) is 74.3 cm³/mol. The summed E-state index contributed by atoms with van der Waals surface area (Å²) in [5.74, 6) is 5.68. The van der Waals surface area contributed by atoms with Crippen LogP contribution < -0.4 is 11.3 Å². The van der Waals surface area contributed by atoms with Crippen LogP contribution in [0.1, 0.15) is 28.3 Å². The van der Waals surface area contributed by atoms with Crippen molar-refractivity contribution in [3.63, 3.8) is 0 Å². The van der Waals surface area contributed by atoms with Crippen LogP contribution in [-0.2, 0) is 0 Å². The monoisotopic (exact) mass is 261 g/mol. The fourth-order valence-electron chi connectivity index (χ4n) is 2.08. The van der Waals surface area contributed by atoms with E-state index in [-0.39, 0.29) is 6.04 Å². The third-order valence-electron chi connectivity index (χ3n) is 2.96. The van der Waals surface area contributed by atoms with Gasteiger partial charge in [-0.05, 0) is 54.3 Å². The molecule has 0 bridgehead atoms. The quantitative estimate of drug-likeness (QED) is 0.660. The SMILES string of the molecule is Cc1cc(Cl)cc(C(NN)c2cnccc2C)c1. The van der Waals surface area contributed by atoms with E-state index in [0.717, 1.165) is 22.3 Å². The molecule has 0 aliphatic heterocycles. The molecule has 0 fully saturated rings. The first kappa shape index (κ1) is 13.0. The lowest BCUT2D eigenvalue weighted by Gasteiger charge is -2.19. The normalized spacial score (nSPS) is 12.4. The summed E-state index contributed by atoms with van der Waals surface area (Å²) in [7, 11) is 0. The Labute approximate surface area is 112 Å². The van der Waals surface area contributed by atoms with E-state index in [1.165, 1.54) is 0 Å². The third kappa shape index (κ3) is 2.70. The van der Waals surface area contributed by atoms with Crippen molar-refractivity contribution >= 4 is 11.6 Å². The Kier molecular flexibility index (Phi) is 3.97. The van der Waals surface area contributed by atoms with Crippen LogP contribution in [0.2, 0.25) is 5.02 Å². The van der Waals surface area contributed by atoms with Gasteiger partial charge in [0.2, 0.25) is 0 Å². The fourth-order valence-corrected chi connectivity index (χ4v) is 2.37. The Balaban J connectivity index is 2.48. The maximum Gasteiger partial charge on any atom is 0.0728 e. The summed E-state index contributed by atoms with van der Waals surface area (Å²) in [6, 6.07) is 7.79. The second kappa shape index (κ2) is 5.48. The Hall–Kier alpha value is -1.42. The van der Waals surface area contributed by atoms with E-state index in [1.807, 2.05) is 38.2 Å². The molecule has 1 aromatic carbocycles. The van der Waals surface area contributed by atoms with Crippen LogP contribution in [0.15, 0.2) is 36.7 Å². The molecule has 4 heteroatoms. The summed E-state index contributed by atoms with van der Waals surface area (Å²) >= 11 is 6.09. The highest BCUT2D eigenvalue weighted by atomic mass is 35.5. The highest BCUT2D eigenvalue weighted by molar-refractivity contribution is 6.30. The third-order valence-corrected chi connectivity index (χ3v) is 3.17. The van der Waals surface area contributed by atoms with Crippen molar-refractivity contribution in [2.24, 2.45) is 5.84 Å². The predicted octanol–water partition coefficient (Wildman–Crippen LogP) is 2.90. The van der Waals surface area contributed by atoms with Crippen molar-refractivity contribution in [2.45, 2.75) is 19.9 Å². The Bertz CT molecular complexity index is 534. The van der Waals surface area contributed by atoms with Crippen LogP contribution in [-0.4, -0.2) is 4.98 Å². The summed E-state index contributed by atoms with van der Waals surface area (Å²) in [5.41, 5.74) is 7.18. The van der Waals surface area contributed by atoms with Gasteiger partial charge in [0.1, 0.15) is 0 Å². The summed E-state index contributed by atoms with van der Waals surface area (Å²) in [6.07, 6.45) is 3.60. The number of nitrogens with two attached hydrogens (primary N) is 1. The van der Waals surface area contributed by atoms with Crippen molar-refractivity contribution in [3.8, 4) is 0 Å². The van der Waals surface area contributed by atoms with E-state index in [9.17, 15) is 0 Å². The van der Waals surface area contributed by atoms with Crippen molar-refractivity contribution < 1.29 is 0 Å². The number of pyridine rings is 1. The van der Waals surface area contributed by atoms with E-state index in [0.29, 0.717) is 5.02 Å². The first-order valence-electron chi connectivity index (χ1n) is 5.75. The van der Waals surface area contributed by atoms with Gasteiger partial charge in [-0.2, -0.15) is 0 Å². The van der Waals surface area contributed by atoms with E-state index < -0.39 is 0 Å². The second-order valence-electron chi connectivity index (χ2n) is 4.39. The summed E-state index contributed by atoms with van der Waals surface area (Å²) in [6.45, 7) is 4.05. The van der Waals surface area contributed by atoms with E-state index >= 15 is 0 Å². The molecule has 1 atom stereocenters. The first-order chi connectivity index (χ1) is 8.61. The Morgan fingerprint density at radius 2 is 2.06 bits per heavy atom. The molecule has 1 aromatic heterocycles. The van der Waals surface area contributed by atoms with Gasteiger partial charge in [-0.1, -0.05) is 17.7 Å².